The van der Waals surface area contributed by atoms with Crippen molar-refractivity contribution in [2.45, 2.75) is 13.0 Å². The molecular formula is C17H17NO6. The summed E-state index contributed by atoms with van der Waals surface area (Å²) in [6, 6.07) is 6.45. The third-order valence-electron chi connectivity index (χ3n) is 4.03. The summed E-state index contributed by atoms with van der Waals surface area (Å²) < 4.78 is 15.7. The lowest BCUT2D eigenvalue weighted by Crippen LogP contribution is -2.35. The van der Waals surface area contributed by atoms with Gasteiger partial charge in [-0.2, -0.15) is 0 Å². The standard InChI is InChI=1S/C17H17NO6/c1-22-14-7-10-5-6-18(9-11(10)8-15(14)23-2)16(19)12-3-4-13(24-12)17(20)21/h3-4,7-8H,5-6,9H2,1-2H3,(H,20,21). The van der Waals surface area contributed by atoms with Crippen molar-refractivity contribution >= 4 is 11.9 Å². The van der Waals surface area contributed by atoms with E-state index in [2.05, 4.69) is 0 Å². The summed E-state index contributed by atoms with van der Waals surface area (Å²) in [5.74, 6) is -0.485. The van der Waals surface area contributed by atoms with Gasteiger partial charge >= 0.3 is 5.97 Å². The summed E-state index contributed by atoms with van der Waals surface area (Å²) >= 11 is 0. The molecule has 2 aromatic rings. The molecule has 24 heavy (non-hydrogen) atoms. The number of hydrogen-bond acceptors (Lipinski definition) is 5. The molecule has 0 saturated carbocycles. The van der Waals surface area contributed by atoms with E-state index >= 15 is 0 Å². The lowest BCUT2D eigenvalue weighted by molar-refractivity contribution is 0.0645. The number of rotatable bonds is 4. The van der Waals surface area contributed by atoms with Gasteiger partial charge in [-0.25, -0.2) is 4.79 Å². The van der Waals surface area contributed by atoms with Crippen LogP contribution in [0.4, 0.5) is 0 Å². The van der Waals surface area contributed by atoms with Crippen molar-refractivity contribution in [2.24, 2.45) is 0 Å². The van der Waals surface area contributed by atoms with Crippen LogP contribution in [-0.2, 0) is 13.0 Å². The number of carbonyl (C=O) groups is 2. The second-order valence-corrected chi connectivity index (χ2v) is 5.42. The fourth-order valence-electron chi connectivity index (χ4n) is 2.78. The Morgan fingerprint density at radius 3 is 2.29 bits per heavy atom. The number of furan rings is 1. The fraction of sp³-hybridized carbons (Fsp3) is 0.294. The fourth-order valence-corrected chi connectivity index (χ4v) is 2.78. The predicted octanol–water partition coefficient (Wildman–Crippen LogP) is 2.19. The highest BCUT2D eigenvalue weighted by molar-refractivity contribution is 5.93. The number of ether oxygens (including phenoxy) is 2. The molecule has 2 heterocycles. The van der Waals surface area contributed by atoms with Gasteiger partial charge in [0, 0.05) is 13.1 Å². The predicted molar refractivity (Wildman–Crippen MR) is 83.7 cm³/mol. The van der Waals surface area contributed by atoms with Gasteiger partial charge in [0.2, 0.25) is 5.76 Å². The van der Waals surface area contributed by atoms with Gasteiger partial charge in [-0.1, -0.05) is 0 Å². The molecule has 126 valence electrons. The first-order valence-corrected chi connectivity index (χ1v) is 7.39. The zero-order valence-electron chi connectivity index (χ0n) is 13.4. The summed E-state index contributed by atoms with van der Waals surface area (Å²) in [6.45, 7) is 0.919. The lowest BCUT2D eigenvalue weighted by atomic mass is 9.98. The molecule has 0 aliphatic carbocycles. The van der Waals surface area contributed by atoms with Crippen molar-refractivity contribution in [3.63, 3.8) is 0 Å². The number of carboxylic acid groups (broad SMARTS) is 1. The molecule has 7 nitrogen and oxygen atoms in total. The molecule has 3 rings (SSSR count). The topological polar surface area (TPSA) is 89.2 Å². The highest BCUT2D eigenvalue weighted by Crippen LogP contribution is 2.33. The minimum absolute atomic E-state index is 0.0244. The summed E-state index contributed by atoms with van der Waals surface area (Å²) in [7, 11) is 3.14. The Kier molecular flexibility index (Phi) is 4.16. The van der Waals surface area contributed by atoms with Crippen molar-refractivity contribution in [1.29, 1.82) is 0 Å². The van der Waals surface area contributed by atoms with Crippen molar-refractivity contribution in [3.05, 3.63) is 46.9 Å². The van der Waals surface area contributed by atoms with Crippen LogP contribution in [-0.4, -0.2) is 42.6 Å². The molecule has 0 saturated heterocycles. The molecule has 0 fully saturated rings. The summed E-state index contributed by atoms with van der Waals surface area (Å²) in [6.07, 6.45) is 0.675. The molecule has 1 aromatic heterocycles. The third kappa shape index (κ3) is 2.80. The van der Waals surface area contributed by atoms with Gasteiger partial charge < -0.3 is 23.9 Å². The monoisotopic (exact) mass is 331 g/mol. The van der Waals surface area contributed by atoms with Gasteiger partial charge in [-0.05, 0) is 41.8 Å². The largest absolute Gasteiger partial charge is 0.493 e. The number of aromatic carboxylic acids is 1. The molecular weight excluding hydrogens is 314 g/mol. The molecule has 1 N–H and O–H groups in total. The highest BCUT2D eigenvalue weighted by atomic mass is 16.5. The number of carboxylic acids is 1. The van der Waals surface area contributed by atoms with Gasteiger partial charge in [0.1, 0.15) is 0 Å². The lowest BCUT2D eigenvalue weighted by Gasteiger charge is -2.29. The van der Waals surface area contributed by atoms with Crippen LogP contribution in [0.15, 0.2) is 28.7 Å². The molecule has 0 atom stereocenters. The summed E-state index contributed by atoms with van der Waals surface area (Å²) in [5, 5.41) is 8.88. The van der Waals surface area contributed by atoms with Crippen LogP contribution in [0.3, 0.4) is 0 Å². The molecule has 1 aromatic carbocycles. The van der Waals surface area contributed by atoms with Crippen molar-refractivity contribution in [2.75, 3.05) is 20.8 Å². The zero-order chi connectivity index (χ0) is 17.3. The normalized spacial score (nSPS) is 13.3. The van der Waals surface area contributed by atoms with Crippen LogP contribution in [0.2, 0.25) is 0 Å². The SMILES string of the molecule is COc1cc2c(cc1OC)CN(C(=O)c1ccc(C(=O)O)o1)CC2. The zero-order valence-corrected chi connectivity index (χ0v) is 13.4. The van der Waals surface area contributed by atoms with Gasteiger partial charge in [-0.15, -0.1) is 0 Å². The van der Waals surface area contributed by atoms with Gasteiger partial charge in [0.25, 0.3) is 5.91 Å². The average Bonchev–Trinajstić information content (AvgIpc) is 3.09. The second-order valence-electron chi connectivity index (χ2n) is 5.42. The molecule has 0 bridgehead atoms. The van der Waals surface area contributed by atoms with E-state index in [9.17, 15) is 9.59 Å². The number of nitrogens with zero attached hydrogens (tertiary/aromatic N) is 1. The van der Waals surface area contributed by atoms with Gasteiger partial charge in [0.05, 0.1) is 14.2 Å². The van der Waals surface area contributed by atoms with Crippen LogP contribution < -0.4 is 9.47 Å². The Morgan fingerprint density at radius 2 is 1.71 bits per heavy atom. The Bertz CT molecular complexity index is 794. The third-order valence-corrected chi connectivity index (χ3v) is 4.03. The molecule has 1 amide bonds. The van der Waals surface area contributed by atoms with Crippen LogP contribution in [0.5, 0.6) is 11.5 Å². The van der Waals surface area contributed by atoms with Crippen LogP contribution in [0, 0.1) is 0 Å². The first-order valence-electron chi connectivity index (χ1n) is 7.39. The summed E-state index contributed by atoms with van der Waals surface area (Å²) in [5.41, 5.74) is 2.07. The minimum atomic E-state index is -1.20. The van der Waals surface area contributed by atoms with E-state index in [0.717, 1.165) is 11.1 Å². The van der Waals surface area contributed by atoms with E-state index in [1.165, 1.54) is 12.1 Å². The van der Waals surface area contributed by atoms with Crippen LogP contribution >= 0.6 is 0 Å². The number of hydrogen-bond donors (Lipinski definition) is 1. The van der Waals surface area contributed by atoms with Gasteiger partial charge in [-0.3, -0.25) is 4.79 Å². The van der Waals surface area contributed by atoms with E-state index in [1.54, 1.807) is 19.1 Å². The van der Waals surface area contributed by atoms with Crippen LogP contribution in [0.25, 0.3) is 0 Å². The van der Waals surface area contributed by atoms with E-state index in [-0.39, 0.29) is 17.4 Å². The van der Waals surface area contributed by atoms with Crippen molar-refractivity contribution in [3.8, 4) is 11.5 Å². The van der Waals surface area contributed by atoms with E-state index in [1.807, 2.05) is 12.1 Å². The smallest absolute Gasteiger partial charge is 0.371 e. The number of amides is 1. The summed E-state index contributed by atoms with van der Waals surface area (Å²) in [4.78, 5) is 25.0. The number of fused-ring (bicyclic) bond motifs is 1. The quantitative estimate of drug-likeness (QED) is 0.924. The average molecular weight is 331 g/mol. The first-order chi connectivity index (χ1) is 11.5. The Balaban J connectivity index is 1.83. The Labute approximate surface area is 138 Å². The maximum atomic E-state index is 12.5. The van der Waals surface area contributed by atoms with Gasteiger partial charge in [0.15, 0.2) is 17.3 Å². The number of benzene rings is 1. The van der Waals surface area contributed by atoms with E-state index < -0.39 is 5.97 Å². The number of methoxy groups -OCH3 is 2. The van der Waals surface area contributed by atoms with E-state index in [0.29, 0.717) is 31.0 Å². The first kappa shape index (κ1) is 15.9. The maximum absolute atomic E-state index is 12.5. The second kappa shape index (κ2) is 6.27. The molecule has 7 heteroatoms. The maximum Gasteiger partial charge on any atom is 0.371 e. The molecule has 0 spiro atoms. The van der Waals surface area contributed by atoms with E-state index in [4.69, 9.17) is 19.0 Å². The minimum Gasteiger partial charge on any atom is -0.493 e. The Hall–Kier alpha value is -2.96. The molecule has 0 unspecified atom stereocenters. The molecule has 1 aliphatic heterocycles. The molecule has 1 aliphatic rings. The van der Waals surface area contributed by atoms with Crippen molar-refractivity contribution < 1.29 is 28.6 Å². The Morgan fingerprint density at radius 1 is 1.08 bits per heavy atom. The number of carbonyl (C=O) groups excluding carboxylic acids is 1. The molecule has 0 radical (unpaired) electrons. The van der Waals surface area contributed by atoms with Crippen LogP contribution in [0.1, 0.15) is 32.2 Å². The van der Waals surface area contributed by atoms with Crippen molar-refractivity contribution in [1.82, 2.24) is 4.90 Å². The highest BCUT2D eigenvalue weighted by Gasteiger charge is 2.26.